The molecule has 2 heteroatoms. The molecule has 14 heavy (non-hydrogen) atoms. The standard InChI is InChI=1S/C12H10OS/c13-14(11-7-3-1-4-8-11)12-9-5-2-6-10-12/h1-10H/i1D,3D,4D,7D,8D. The summed E-state index contributed by atoms with van der Waals surface area (Å²) in [6, 6.07) is 6.03. The van der Waals surface area contributed by atoms with Crippen LogP contribution in [0, 0.1) is 0 Å². The third kappa shape index (κ3) is 1.91. The van der Waals surface area contributed by atoms with Crippen LogP contribution in [0.1, 0.15) is 6.85 Å². The Labute approximate surface area is 92.9 Å². The lowest BCUT2D eigenvalue weighted by molar-refractivity contribution is 0.683. The van der Waals surface area contributed by atoms with Crippen LogP contribution in [0.4, 0.5) is 0 Å². The first-order valence-electron chi connectivity index (χ1n) is 6.49. The number of hydrogen-bond donors (Lipinski definition) is 0. The van der Waals surface area contributed by atoms with Crippen molar-refractivity contribution < 1.29 is 11.1 Å². The normalized spacial score (nSPS) is 17.3. The summed E-state index contributed by atoms with van der Waals surface area (Å²) in [5.41, 5.74) is 0. The quantitative estimate of drug-likeness (QED) is 0.740. The molecule has 0 aliphatic rings. The molecule has 2 rings (SSSR count). The molecule has 0 aromatic heterocycles. The van der Waals surface area contributed by atoms with E-state index >= 15 is 0 Å². The molecule has 0 spiro atoms. The predicted octanol–water partition coefficient (Wildman–Crippen LogP) is 2.85. The van der Waals surface area contributed by atoms with Crippen LogP contribution in [0.2, 0.25) is 0 Å². The Balaban J connectivity index is 2.67. The van der Waals surface area contributed by atoms with Gasteiger partial charge < -0.3 is 0 Å². The summed E-state index contributed by atoms with van der Waals surface area (Å²) in [4.78, 5) is 0.221. The first-order valence-corrected chi connectivity index (χ1v) is 5.14. The Hall–Kier alpha value is -1.41. The van der Waals surface area contributed by atoms with Crippen LogP contribution in [0.3, 0.4) is 0 Å². The highest BCUT2D eigenvalue weighted by Gasteiger charge is 2.04. The van der Waals surface area contributed by atoms with Crippen molar-refractivity contribution in [2.75, 3.05) is 0 Å². The number of hydrogen-bond acceptors (Lipinski definition) is 1. The van der Waals surface area contributed by atoms with Crippen molar-refractivity contribution in [1.82, 2.24) is 0 Å². The molecule has 2 aromatic rings. The van der Waals surface area contributed by atoms with Crippen molar-refractivity contribution >= 4 is 10.8 Å². The monoisotopic (exact) mass is 207 g/mol. The lowest BCUT2D eigenvalue weighted by atomic mass is 10.4. The summed E-state index contributed by atoms with van der Waals surface area (Å²) in [6.07, 6.45) is 0. The molecule has 1 nitrogen and oxygen atoms in total. The molecule has 0 aliphatic carbocycles. The molecule has 0 heterocycles. The van der Waals surface area contributed by atoms with Gasteiger partial charge in [-0.3, -0.25) is 0 Å². The van der Waals surface area contributed by atoms with Gasteiger partial charge in [0.25, 0.3) is 0 Å². The average Bonchev–Trinajstić information content (AvgIpc) is 2.44. The second-order valence-electron chi connectivity index (χ2n) is 2.54. The molecular weight excluding hydrogens is 192 g/mol. The topological polar surface area (TPSA) is 17.1 Å². The molecule has 0 fully saturated rings. The van der Waals surface area contributed by atoms with Crippen LogP contribution < -0.4 is 0 Å². The van der Waals surface area contributed by atoms with Gasteiger partial charge in [-0.25, -0.2) is 4.21 Å². The van der Waals surface area contributed by atoms with Gasteiger partial charge in [-0.15, -0.1) is 0 Å². The van der Waals surface area contributed by atoms with Gasteiger partial charge in [0.1, 0.15) is 0 Å². The largest absolute Gasteiger partial charge is 0.249 e. The van der Waals surface area contributed by atoms with E-state index in [1.807, 2.05) is 0 Å². The van der Waals surface area contributed by atoms with E-state index in [-0.39, 0.29) is 4.90 Å². The van der Waals surface area contributed by atoms with Gasteiger partial charge in [-0.1, -0.05) is 36.3 Å². The lowest BCUT2D eigenvalue weighted by Gasteiger charge is -2.00. The Kier molecular flexibility index (Phi) is 1.47. The van der Waals surface area contributed by atoms with Crippen molar-refractivity contribution in [3.8, 4) is 0 Å². The molecule has 0 saturated heterocycles. The summed E-state index contributed by atoms with van der Waals surface area (Å²) < 4.78 is 50.4. The highest BCUT2D eigenvalue weighted by Crippen LogP contribution is 2.14. The van der Waals surface area contributed by atoms with Crippen molar-refractivity contribution in [2.24, 2.45) is 0 Å². The maximum Gasteiger partial charge on any atom is 0.0849 e. The van der Waals surface area contributed by atoms with E-state index in [2.05, 4.69) is 0 Å². The van der Waals surface area contributed by atoms with Gasteiger partial charge in [0.05, 0.1) is 17.7 Å². The second-order valence-corrected chi connectivity index (χ2v) is 3.95. The van der Waals surface area contributed by atoms with Crippen molar-refractivity contribution in [3.05, 3.63) is 60.5 Å². The molecule has 0 amide bonds. The smallest absolute Gasteiger partial charge is 0.0849 e. The number of benzene rings is 2. The summed E-state index contributed by atoms with van der Waals surface area (Å²) in [7, 11) is -1.80. The van der Waals surface area contributed by atoms with E-state index in [0.29, 0.717) is 4.90 Å². The third-order valence-electron chi connectivity index (χ3n) is 1.62. The van der Waals surface area contributed by atoms with E-state index in [1.54, 1.807) is 30.3 Å². The second kappa shape index (κ2) is 4.20. The van der Waals surface area contributed by atoms with E-state index in [4.69, 9.17) is 6.85 Å². The van der Waals surface area contributed by atoms with E-state index < -0.39 is 41.0 Å². The first kappa shape index (κ1) is 4.89. The van der Waals surface area contributed by atoms with E-state index in [1.165, 1.54) is 0 Å². The Morgan fingerprint density at radius 2 is 1.57 bits per heavy atom. The number of rotatable bonds is 2. The minimum atomic E-state index is -1.80. The molecule has 0 radical (unpaired) electrons. The molecule has 0 N–H and O–H groups in total. The fraction of sp³-hybridized carbons (Fsp3) is 0. The average molecular weight is 207 g/mol. The minimum Gasteiger partial charge on any atom is -0.249 e. The molecule has 0 aliphatic heterocycles. The van der Waals surface area contributed by atoms with Crippen LogP contribution >= 0.6 is 0 Å². The van der Waals surface area contributed by atoms with E-state index in [9.17, 15) is 4.21 Å². The van der Waals surface area contributed by atoms with Crippen LogP contribution in [0.25, 0.3) is 0 Å². The molecule has 0 bridgehead atoms. The first-order chi connectivity index (χ1) is 8.95. The molecule has 1 atom stereocenters. The van der Waals surface area contributed by atoms with Crippen LogP contribution in [0.15, 0.2) is 70.3 Å². The van der Waals surface area contributed by atoms with Gasteiger partial charge in [0.2, 0.25) is 0 Å². The van der Waals surface area contributed by atoms with Crippen LogP contribution in [-0.2, 0) is 10.8 Å². The third-order valence-corrected chi connectivity index (χ3v) is 2.89. The maximum atomic E-state index is 12.3. The van der Waals surface area contributed by atoms with Crippen molar-refractivity contribution in [2.45, 2.75) is 9.79 Å². The summed E-state index contributed by atoms with van der Waals surface area (Å²) in [5.74, 6) is 0. The highest BCUT2D eigenvalue weighted by molar-refractivity contribution is 7.85. The molecule has 70 valence electrons. The summed E-state index contributed by atoms with van der Waals surface area (Å²) >= 11 is 0. The predicted molar refractivity (Wildman–Crippen MR) is 57.6 cm³/mol. The molecular formula is C12H10OS. The fourth-order valence-electron chi connectivity index (χ4n) is 0.993. The van der Waals surface area contributed by atoms with Gasteiger partial charge in [0.15, 0.2) is 0 Å². The Bertz CT molecular complexity index is 628. The Morgan fingerprint density at radius 3 is 2.21 bits per heavy atom. The minimum absolute atomic E-state index is 0.183. The van der Waals surface area contributed by atoms with Gasteiger partial charge in [0, 0.05) is 9.79 Å². The van der Waals surface area contributed by atoms with Gasteiger partial charge >= 0.3 is 0 Å². The summed E-state index contributed by atoms with van der Waals surface area (Å²) in [6.45, 7) is 0. The summed E-state index contributed by atoms with van der Waals surface area (Å²) in [5, 5.41) is 0. The van der Waals surface area contributed by atoms with Crippen molar-refractivity contribution in [3.63, 3.8) is 0 Å². The molecule has 1 unspecified atom stereocenters. The lowest BCUT2D eigenvalue weighted by Crippen LogP contribution is -1.91. The zero-order chi connectivity index (χ0) is 14.2. The Morgan fingerprint density at radius 1 is 0.929 bits per heavy atom. The van der Waals surface area contributed by atoms with Crippen LogP contribution in [-0.4, -0.2) is 4.21 Å². The fourth-order valence-corrected chi connectivity index (χ4v) is 1.92. The highest BCUT2D eigenvalue weighted by atomic mass is 32.2. The zero-order valence-corrected chi connectivity index (χ0v) is 8.02. The maximum absolute atomic E-state index is 12.3. The molecule has 0 saturated carbocycles. The van der Waals surface area contributed by atoms with Gasteiger partial charge in [-0.05, 0) is 24.2 Å². The van der Waals surface area contributed by atoms with Gasteiger partial charge in [-0.2, -0.15) is 0 Å². The van der Waals surface area contributed by atoms with Crippen molar-refractivity contribution in [1.29, 1.82) is 0 Å². The van der Waals surface area contributed by atoms with Crippen LogP contribution in [0.5, 0.6) is 0 Å². The molecule has 2 aromatic carbocycles. The SMILES string of the molecule is [2H]c1c([2H])c([2H])c(S(=O)c2ccccc2)c([2H])c1[2H]. The van der Waals surface area contributed by atoms with E-state index in [0.717, 1.165) is 0 Å². The zero-order valence-electron chi connectivity index (χ0n) is 12.2.